The molecular weight excluding hydrogens is 218 g/mol. The van der Waals surface area contributed by atoms with E-state index in [1.165, 1.54) is 10.6 Å². The van der Waals surface area contributed by atoms with Crippen molar-refractivity contribution >= 4 is 0 Å². The molecule has 1 N–H and O–H groups in total. The van der Waals surface area contributed by atoms with Gasteiger partial charge in [-0.25, -0.2) is 4.79 Å². The summed E-state index contributed by atoms with van der Waals surface area (Å²) in [7, 11) is 0. The zero-order chi connectivity index (χ0) is 12.3. The van der Waals surface area contributed by atoms with Gasteiger partial charge in [0.1, 0.15) is 0 Å². The van der Waals surface area contributed by atoms with Gasteiger partial charge in [-0.3, -0.25) is 9.36 Å². The maximum Gasteiger partial charge on any atom is 0.330 e. The second kappa shape index (κ2) is 5.31. The molecule has 94 valence electrons. The van der Waals surface area contributed by atoms with Crippen molar-refractivity contribution in [3.05, 3.63) is 33.1 Å². The van der Waals surface area contributed by atoms with E-state index in [0.717, 1.165) is 25.9 Å². The molecule has 1 fully saturated rings. The topological polar surface area (TPSA) is 56.0 Å². The van der Waals surface area contributed by atoms with E-state index >= 15 is 0 Å². The van der Waals surface area contributed by atoms with Gasteiger partial charge in [0, 0.05) is 25.4 Å². The summed E-state index contributed by atoms with van der Waals surface area (Å²) in [6.07, 6.45) is 3.52. The van der Waals surface area contributed by atoms with E-state index in [4.69, 9.17) is 0 Å². The molecule has 2 heterocycles. The molecule has 0 aromatic carbocycles. The van der Waals surface area contributed by atoms with Crippen LogP contribution in [0.1, 0.15) is 19.8 Å². The van der Waals surface area contributed by atoms with Crippen LogP contribution in [-0.4, -0.2) is 22.2 Å². The first kappa shape index (κ1) is 12.1. The van der Waals surface area contributed by atoms with Crippen LogP contribution in [0.15, 0.2) is 21.9 Å². The van der Waals surface area contributed by atoms with Crippen LogP contribution in [0.3, 0.4) is 0 Å². The summed E-state index contributed by atoms with van der Waals surface area (Å²) in [5, 5.41) is 3.25. The minimum absolute atomic E-state index is 0.175. The van der Waals surface area contributed by atoms with Gasteiger partial charge in [-0.05, 0) is 31.8 Å². The lowest BCUT2D eigenvalue weighted by Crippen LogP contribution is -2.40. The number of rotatable bonds is 4. The number of hydrogen-bond acceptors (Lipinski definition) is 3. The van der Waals surface area contributed by atoms with Gasteiger partial charge in [-0.15, -0.1) is 0 Å². The molecule has 1 saturated heterocycles. The third-order valence-electron chi connectivity index (χ3n) is 3.21. The monoisotopic (exact) mass is 237 g/mol. The van der Waals surface area contributed by atoms with Crippen molar-refractivity contribution in [2.24, 2.45) is 5.92 Å². The number of aryl methyl sites for hydroxylation is 1. The molecular formula is C12H19N3O2. The van der Waals surface area contributed by atoms with Crippen molar-refractivity contribution < 1.29 is 0 Å². The van der Waals surface area contributed by atoms with Crippen molar-refractivity contribution in [1.29, 1.82) is 0 Å². The second-order valence-electron chi connectivity index (χ2n) is 4.60. The Hall–Kier alpha value is -1.36. The summed E-state index contributed by atoms with van der Waals surface area (Å²) in [6.45, 7) is 5.10. The average Bonchev–Trinajstić information content (AvgIpc) is 2.81. The first-order chi connectivity index (χ1) is 8.22. The maximum atomic E-state index is 12.1. The second-order valence-corrected chi connectivity index (χ2v) is 4.60. The molecule has 1 aliphatic heterocycles. The van der Waals surface area contributed by atoms with E-state index in [1.54, 1.807) is 10.8 Å². The van der Waals surface area contributed by atoms with Crippen LogP contribution in [0.5, 0.6) is 0 Å². The summed E-state index contributed by atoms with van der Waals surface area (Å²) in [4.78, 5) is 23.8. The van der Waals surface area contributed by atoms with E-state index < -0.39 is 0 Å². The van der Waals surface area contributed by atoms with Gasteiger partial charge in [0.25, 0.3) is 5.56 Å². The highest BCUT2D eigenvalue weighted by Crippen LogP contribution is 2.07. The summed E-state index contributed by atoms with van der Waals surface area (Å²) in [6, 6.07) is 1.49. The molecule has 1 unspecified atom stereocenters. The SMILES string of the molecule is CCCn1ccc(=O)n(CC2CCNC2)c1=O. The average molecular weight is 237 g/mol. The summed E-state index contributed by atoms with van der Waals surface area (Å²) in [5.74, 6) is 0.401. The lowest BCUT2D eigenvalue weighted by molar-refractivity contribution is 0.439. The highest BCUT2D eigenvalue weighted by atomic mass is 16.2. The van der Waals surface area contributed by atoms with Crippen LogP contribution in [0.2, 0.25) is 0 Å². The molecule has 0 amide bonds. The zero-order valence-corrected chi connectivity index (χ0v) is 10.2. The summed E-state index contributed by atoms with van der Waals surface area (Å²) < 4.78 is 2.98. The lowest BCUT2D eigenvalue weighted by Gasteiger charge is -2.12. The Bertz CT molecular complexity index is 483. The third kappa shape index (κ3) is 2.66. The van der Waals surface area contributed by atoms with Crippen molar-refractivity contribution in [1.82, 2.24) is 14.5 Å². The predicted molar refractivity (Wildman–Crippen MR) is 66.2 cm³/mol. The number of aromatic nitrogens is 2. The lowest BCUT2D eigenvalue weighted by atomic mass is 10.1. The summed E-state index contributed by atoms with van der Waals surface area (Å²) >= 11 is 0. The smallest absolute Gasteiger partial charge is 0.316 e. The Kier molecular flexibility index (Phi) is 3.78. The van der Waals surface area contributed by atoms with E-state index in [-0.39, 0.29) is 11.2 Å². The third-order valence-corrected chi connectivity index (χ3v) is 3.21. The maximum absolute atomic E-state index is 12.1. The van der Waals surface area contributed by atoms with E-state index in [2.05, 4.69) is 5.32 Å². The van der Waals surface area contributed by atoms with E-state index in [0.29, 0.717) is 19.0 Å². The minimum Gasteiger partial charge on any atom is -0.316 e. The Morgan fingerprint density at radius 1 is 1.47 bits per heavy atom. The van der Waals surface area contributed by atoms with E-state index in [1.807, 2.05) is 6.92 Å². The quantitative estimate of drug-likeness (QED) is 0.804. The number of nitrogens with zero attached hydrogens (tertiary/aromatic N) is 2. The van der Waals surface area contributed by atoms with Crippen molar-refractivity contribution in [3.8, 4) is 0 Å². The van der Waals surface area contributed by atoms with Crippen LogP contribution in [0.4, 0.5) is 0 Å². The van der Waals surface area contributed by atoms with Gasteiger partial charge in [0.2, 0.25) is 0 Å². The van der Waals surface area contributed by atoms with Gasteiger partial charge in [0.15, 0.2) is 0 Å². The van der Waals surface area contributed by atoms with Gasteiger partial charge < -0.3 is 9.88 Å². The van der Waals surface area contributed by atoms with Crippen LogP contribution in [0.25, 0.3) is 0 Å². The fourth-order valence-corrected chi connectivity index (χ4v) is 2.26. The Labute approximate surface area is 100 Å². The van der Waals surface area contributed by atoms with E-state index in [9.17, 15) is 9.59 Å². The van der Waals surface area contributed by atoms with Crippen LogP contribution < -0.4 is 16.6 Å². The molecule has 1 aromatic heterocycles. The highest BCUT2D eigenvalue weighted by molar-refractivity contribution is 4.87. The standard InChI is InChI=1S/C12H19N3O2/c1-2-6-14-7-4-11(16)15(12(14)17)9-10-3-5-13-8-10/h4,7,10,13H,2-3,5-6,8-9H2,1H3. The molecule has 0 saturated carbocycles. The Balaban J connectivity index is 2.27. The molecule has 1 aliphatic rings. The molecule has 17 heavy (non-hydrogen) atoms. The predicted octanol–water partition coefficient (Wildman–Crippen LogP) is 0.0295. The Morgan fingerprint density at radius 2 is 2.29 bits per heavy atom. The molecule has 1 atom stereocenters. The van der Waals surface area contributed by atoms with Crippen molar-refractivity contribution in [2.45, 2.75) is 32.9 Å². The number of nitrogens with one attached hydrogen (secondary N) is 1. The summed E-state index contributed by atoms with van der Waals surface area (Å²) in [5.41, 5.74) is -0.361. The van der Waals surface area contributed by atoms with Gasteiger partial charge in [0.05, 0.1) is 0 Å². The highest BCUT2D eigenvalue weighted by Gasteiger charge is 2.17. The molecule has 0 spiro atoms. The largest absolute Gasteiger partial charge is 0.330 e. The first-order valence-corrected chi connectivity index (χ1v) is 6.23. The fourth-order valence-electron chi connectivity index (χ4n) is 2.26. The normalized spacial score (nSPS) is 19.7. The molecule has 1 aromatic rings. The molecule has 5 heteroatoms. The van der Waals surface area contributed by atoms with Gasteiger partial charge in [-0.1, -0.05) is 6.92 Å². The van der Waals surface area contributed by atoms with Gasteiger partial charge in [-0.2, -0.15) is 0 Å². The fraction of sp³-hybridized carbons (Fsp3) is 0.667. The molecule has 0 radical (unpaired) electrons. The van der Waals surface area contributed by atoms with Crippen LogP contribution >= 0.6 is 0 Å². The Morgan fingerprint density at radius 3 is 2.94 bits per heavy atom. The minimum atomic E-state index is -0.186. The van der Waals surface area contributed by atoms with Crippen molar-refractivity contribution in [2.75, 3.05) is 13.1 Å². The molecule has 5 nitrogen and oxygen atoms in total. The number of hydrogen-bond donors (Lipinski definition) is 1. The molecule has 2 rings (SSSR count). The van der Waals surface area contributed by atoms with Gasteiger partial charge >= 0.3 is 5.69 Å². The zero-order valence-electron chi connectivity index (χ0n) is 10.2. The van der Waals surface area contributed by atoms with Crippen LogP contribution in [0, 0.1) is 5.92 Å². The molecule has 0 bridgehead atoms. The molecule has 0 aliphatic carbocycles. The van der Waals surface area contributed by atoms with Crippen LogP contribution in [-0.2, 0) is 13.1 Å². The first-order valence-electron chi connectivity index (χ1n) is 6.23. The van der Waals surface area contributed by atoms with Crippen molar-refractivity contribution in [3.63, 3.8) is 0 Å².